The van der Waals surface area contributed by atoms with E-state index in [-0.39, 0.29) is 0 Å². The van der Waals surface area contributed by atoms with Crippen LogP contribution in [0.25, 0.3) is 33.9 Å². The van der Waals surface area contributed by atoms with Crippen LogP contribution in [-0.2, 0) is 0 Å². The number of aromatic nitrogens is 3. The van der Waals surface area contributed by atoms with E-state index in [0.29, 0.717) is 17.4 Å². The Bertz CT molecular complexity index is 944. The summed E-state index contributed by atoms with van der Waals surface area (Å²) in [6.45, 7) is 0. The minimum absolute atomic E-state index is 0.354. The normalized spacial score (nSPS) is 11.1. The van der Waals surface area contributed by atoms with Crippen molar-refractivity contribution in [1.29, 1.82) is 0 Å². The van der Waals surface area contributed by atoms with Gasteiger partial charge in [0.2, 0.25) is 0 Å². The molecule has 24 heavy (non-hydrogen) atoms. The van der Waals surface area contributed by atoms with E-state index in [1.54, 1.807) is 24.5 Å². The van der Waals surface area contributed by atoms with E-state index in [4.69, 9.17) is 6.35 Å². The van der Waals surface area contributed by atoms with Gasteiger partial charge in [0.05, 0.1) is 24.1 Å². The first-order valence-corrected chi connectivity index (χ1v) is 7.72. The average Bonchev–Trinajstić information content (AvgIpc) is 2.69. The Balaban J connectivity index is 1.94. The summed E-state index contributed by atoms with van der Waals surface area (Å²) < 4.78 is 8.14. The van der Waals surface area contributed by atoms with E-state index in [9.17, 15) is 0 Å². The monoisotopic (exact) mass is 310 g/mol. The molecule has 0 atom stereocenters. The third kappa shape index (κ3) is 2.92. The summed E-state index contributed by atoms with van der Waals surface area (Å²) in [6.07, 6.45) is 3.44. The van der Waals surface area contributed by atoms with Gasteiger partial charge >= 0.3 is 0 Å². The molecule has 1 aromatic carbocycles. The molecule has 4 aromatic rings. The predicted molar refractivity (Wildman–Crippen MR) is 96.1 cm³/mol. The van der Waals surface area contributed by atoms with Crippen molar-refractivity contribution < 1.29 is 1.37 Å². The van der Waals surface area contributed by atoms with Crippen molar-refractivity contribution >= 4 is 0 Å². The Hall–Kier alpha value is -3.33. The molecule has 0 saturated carbocycles. The molecule has 114 valence electrons. The summed E-state index contributed by atoms with van der Waals surface area (Å²) in [4.78, 5) is 13.5. The molecule has 4 rings (SSSR count). The molecule has 3 heterocycles. The maximum absolute atomic E-state index is 8.14. The molecule has 3 heteroatoms. The average molecular weight is 310 g/mol. The van der Waals surface area contributed by atoms with Crippen molar-refractivity contribution in [3.63, 3.8) is 0 Å². The van der Waals surface area contributed by atoms with Gasteiger partial charge < -0.3 is 0 Å². The number of hydrogen-bond acceptors (Lipinski definition) is 3. The second-order valence-corrected chi connectivity index (χ2v) is 5.34. The van der Waals surface area contributed by atoms with Gasteiger partial charge in [-0.15, -0.1) is 0 Å². The quantitative estimate of drug-likeness (QED) is 0.542. The van der Waals surface area contributed by atoms with Crippen LogP contribution < -0.4 is 0 Å². The molecule has 0 aliphatic carbocycles. The Morgan fingerprint density at radius 3 is 1.96 bits per heavy atom. The smallest absolute Gasteiger partial charge is 0.0900 e. The Morgan fingerprint density at radius 1 is 0.583 bits per heavy atom. The summed E-state index contributed by atoms with van der Waals surface area (Å²) in [5.41, 5.74) is 4.91. The molecule has 0 saturated heterocycles. The molecule has 0 bridgehead atoms. The number of benzene rings is 1. The van der Waals surface area contributed by atoms with Crippen LogP contribution in [0.4, 0.5) is 0 Å². The number of rotatable bonds is 3. The molecule has 3 nitrogen and oxygen atoms in total. The summed E-state index contributed by atoms with van der Waals surface area (Å²) >= 11 is 0. The van der Waals surface area contributed by atoms with E-state index in [1.165, 1.54) is 0 Å². The first-order chi connectivity index (χ1) is 12.3. The van der Waals surface area contributed by atoms with Gasteiger partial charge in [-0.05, 0) is 47.5 Å². The fraction of sp³-hybridized carbons (Fsp3) is 0. The molecule has 0 radical (unpaired) electrons. The van der Waals surface area contributed by atoms with E-state index in [0.717, 1.165) is 22.5 Å². The zero-order valence-electron chi connectivity index (χ0n) is 13.9. The second kappa shape index (κ2) is 6.42. The van der Waals surface area contributed by atoms with Crippen LogP contribution >= 0.6 is 0 Å². The van der Waals surface area contributed by atoms with Gasteiger partial charge in [0, 0.05) is 12.4 Å². The van der Waals surface area contributed by atoms with Crippen molar-refractivity contribution in [3.05, 3.63) is 91.2 Å². The van der Waals surface area contributed by atoms with Gasteiger partial charge in [-0.2, -0.15) is 0 Å². The molecule has 0 aliphatic rings. The van der Waals surface area contributed by atoms with Gasteiger partial charge in [0.15, 0.2) is 0 Å². The van der Waals surface area contributed by atoms with Crippen molar-refractivity contribution in [1.82, 2.24) is 15.0 Å². The van der Waals surface area contributed by atoms with Gasteiger partial charge in [-0.25, -0.2) is 4.98 Å². The SMILES string of the molecule is [2H]c1cccnc1-c1cc(-c2ccccc2)cc(-c2ccccn2)n1. The molecule has 0 aliphatic heterocycles. The second-order valence-electron chi connectivity index (χ2n) is 5.34. The number of pyridine rings is 3. The highest BCUT2D eigenvalue weighted by Gasteiger charge is 2.09. The lowest BCUT2D eigenvalue weighted by Gasteiger charge is -2.09. The minimum Gasteiger partial charge on any atom is -0.255 e. The Labute approximate surface area is 142 Å². The zero-order valence-corrected chi connectivity index (χ0v) is 12.9. The highest BCUT2D eigenvalue weighted by Crippen LogP contribution is 2.28. The zero-order chi connectivity index (χ0) is 17.1. The van der Waals surface area contributed by atoms with Gasteiger partial charge in [-0.3, -0.25) is 9.97 Å². The Morgan fingerprint density at radius 2 is 1.25 bits per heavy atom. The van der Waals surface area contributed by atoms with Gasteiger partial charge in [0.25, 0.3) is 0 Å². The molecule has 3 aromatic heterocycles. The lowest BCUT2D eigenvalue weighted by Crippen LogP contribution is -1.93. The molecule has 0 amide bonds. The van der Waals surface area contributed by atoms with Crippen LogP contribution in [0, 0.1) is 0 Å². The van der Waals surface area contributed by atoms with Crippen molar-refractivity contribution in [2.45, 2.75) is 0 Å². The van der Waals surface area contributed by atoms with E-state index >= 15 is 0 Å². The molecular formula is C21H15N3. The fourth-order valence-electron chi connectivity index (χ4n) is 2.56. The van der Waals surface area contributed by atoms with Gasteiger partial charge in [0.1, 0.15) is 0 Å². The van der Waals surface area contributed by atoms with Crippen LogP contribution in [-0.4, -0.2) is 15.0 Å². The summed E-state index contributed by atoms with van der Waals surface area (Å²) in [7, 11) is 0. The van der Waals surface area contributed by atoms with E-state index < -0.39 is 0 Å². The van der Waals surface area contributed by atoms with Crippen LogP contribution in [0.3, 0.4) is 0 Å². The third-order valence-corrected chi connectivity index (χ3v) is 3.71. The van der Waals surface area contributed by atoms with E-state index in [2.05, 4.69) is 22.1 Å². The predicted octanol–water partition coefficient (Wildman–Crippen LogP) is 4.87. The highest BCUT2D eigenvalue weighted by atomic mass is 14.8. The standard InChI is InChI=1S/C21H15N3/c1-2-8-16(9-3-1)17-14-20(18-10-4-6-12-22-18)24-21(15-17)19-11-5-7-13-23-19/h1-15H/i10D. The summed E-state index contributed by atoms with van der Waals surface area (Å²) in [5.74, 6) is 0. The summed E-state index contributed by atoms with van der Waals surface area (Å²) in [5, 5.41) is 0. The molecule has 0 spiro atoms. The van der Waals surface area contributed by atoms with Crippen LogP contribution in [0.5, 0.6) is 0 Å². The number of hydrogen-bond donors (Lipinski definition) is 0. The maximum Gasteiger partial charge on any atom is 0.0900 e. The third-order valence-electron chi connectivity index (χ3n) is 3.71. The topological polar surface area (TPSA) is 38.7 Å². The first-order valence-electron chi connectivity index (χ1n) is 8.22. The van der Waals surface area contributed by atoms with Crippen LogP contribution in [0.15, 0.2) is 91.2 Å². The minimum atomic E-state index is 0.354. The van der Waals surface area contributed by atoms with Crippen LogP contribution in [0.2, 0.25) is 0 Å². The van der Waals surface area contributed by atoms with E-state index in [1.807, 2.05) is 48.5 Å². The van der Waals surface area contributed by atoms with Crippen molar-refractivity contribution in [3.8, 4) is 33.9 Å². The molecular weight excluding hydrogens is 294 g/mol. The lowest BCUT2D eigenvalue weighted by atomic mass is 10.0. The van der Waals surface area contributed by atoms with Crippen molar-refractivity contribution in [2.24, 2.45) is 0 Å². The fourth-order valence-corrected chi connectivity index (χ4v) is 2.56. The summed E-state index contributed by atoms with van der Waals surface area (Å²) in [6, 6.07) is 23.7. The largest absolute Gasteiger partial charge is 0.255 e. The molecule has 0 unspecified atom stereocenters. The highest BCUT2D eigenvalue weighted by molar-refractivity contribution is 5.74. The number of nitrogens with zero attached hydrogens (tertiary/aromatic N) is 3. The van der Waals surface area contributed by atoms with Crippen LogP contribution in [0.1, 0.15) is 1.37 Å². The lowest BCUT2D eigenvalue weighted by molar-refractivity contribution is 1.22. The Kier molecular flexibility index (Phi) is 3.52. The van der Waals surface area contributed by atoms with Gasteiger partial charge in [-0.1, -0.05) is 42.5 Å². The molecule has 0 fully saturated rings. The maximum atomic E-state index is 8.14. The van der Waals surface area contributed by atoms with Crippen molar-refractivity contribution in [2.75, 3.05) is 0 Å². The molecule has 0 N–H and O–H groups in total. The first kappa shape index (κ1) is 13.1.